The average Bonchev–Trinajstić information content (AvgIpc) is 3.71. The van der Waals surface area contributed by atoms with E-state index in [9.17, 15) is 9.59 Å². The first kappa shape index (κ1) is 28.9. The minimum absolute atomic E-state index is 0.165. The van der Waals surface area contributed by atoms with E-state index in [4.69, 9.17) is 9.72 Å². The summed E-state index contributed by atoms with van der Waals surface area (Å²) in [4.78, 5) is 32.5. The van der Waals surface area contributed by atoms with E-state index in [0.717, 1.165) is 40.1 Å². The van der Waals surface area contributed by atoms with Crippen LogP contribution >= 0.6 is 0 Å². The number of hydrogen-bond acceptors (Lipinski definition) is 7. The number of ether oxygens (including phenoxy) is 1. The average molecular weight is 591 g/mol. The predicted octanol–water partition coefficient (Wildman–Crippen LogP) is 4.10. The number of nitrogens with one attached hydrogen (secondary N) is 1. The zero-order valence-corrected chi connectivity index (χ0v) is 24.8. The SMILES string of the molecule is CCCc1nc2c(c(=O)n(CCOC)c(=O)n2CCc2ccccc2)n1Cc1ccc(-c2ccccc2-c2nnn[nH]2)cc1. The van der Waals surface area contributed by atoms with Gasteiger partial charge < -0.3 is 9.30 Å². The van der Waals surface area contributed by atoms with E-state index in [1.165, 1.54) is 4.57 Å². The van der Waals surface area contributed by atoms with Crippen LogP contribution in [0.1, 0.15) is 30.3 Å². The summed E-state index contributed by atoms with van der Waals surface area (Å²) in [6, 6.07) is 26.2. The highest BCUT2D eigenvalue weighted by molar-refractivity contribution is 5.80. The maximum atomic E-state index is 13.9. The lowest BCUT2D eigenvalue weighted by Gasteiger charge is -2.14. The third-order valence-electron chi connectivity index (χ3n) is 7.79. The Balaban J connectivity index is 1.41. The number of H-pyrrole nitrogens is 1. The molecule has 0 amide bonds. The molecule has 0 unspecified atom stereocenters. The fraction of sp³-hybridized carbons (Fsp3) is 0.273. The van der Waals surface area contributed by atoms with Gasteiger partial charge in [0.1, 0.15) is 5.82 Å². The Kier molecular flexibility index (Phi) is 8.55. The Hall–Kier alpha value is -5.16. The number of aryl methyl sites for hydroxylation is 3. The largest absolute Gasteiger partial charge is 0.383 e. The van der Waals surface area contributed by atoms with E-state index in [1.807, 2.05) is 59.2 Å². The van der Waals surface area contributed by atoms with Gasteiger partial charge in [0.2, 0.25) is 0 Å². The summed E-state index contributed by atoms with van der Waals surface area (Å²) < 4.78 is 10.1. The summed E-state index contributed by atoms with van der Waals surface area (Å²) >= 11 is 0. The van der Waals surface area contributed by atoms with Gasteiger partial charge in [0.15, 0.2) is 17.0 Å². The first-order valence-electron chi connectivity index (χ1n) is 14.8. The fourth-order valence-electron chi connectivity index (χ4n) is 5.57. The van der Waals surface area contributed by atoms with Gasteiger partial charge in [-0.05, 0) is 45.5 Å². The maximum absolute atomic E-state index is 13.9. The van der Waals surface area contributed by atoms with Crippen molar-refractivity contribution in [1.29, 1.82) is 0 Å². The molecule has 3 aromatic heterocycles. The second-order valence-electron chi connectivity index (χ2n) is 10.6. The van der Waals surface area contributed by atoms with E-state index >= 15 is 0 Å². The summed E-state index contributed by atoms with van der Waals surface area (Å²) in [6.07, 6.45) is 2.17. The number of nitrogens with zero attached hydrogens (tertiary/aromatic N) is 7. The molecule has 0 spiro atoms. The van der Waals surface area contributed by atoms with Crippen molar-refractivity contribution >= 4 is 11.2 Å². The number of fused-ring (bicyclic) bond motifs is 1. The van der Waals surface area contributed by atoms with Gasteiger partial charge in [0.25, 0.3) is 5.56 Å². The zero-order valence-electron chi connectivity index (χ0n) is 24.8. The molecule has 3 aromatic carbocycles. The second-order valence-corrected chi connectivity index (χ2v) is 10.6. The monoisotopic (exact) mass is 590 g/mol. The highest BCUT2D eigenvalue weighted by Crippen LogP contribution is 2.30. The minimum atomic E-state index is -0.367. The smallest absolute Gasteiger partial charge is 0.332 e. The van der Waals surface area contributed by atoms with Crippen molar-refractivity contribution in [2.75, 3.05) is 13.7 Å². The second kappa shape index (κ2) is 13.0. The number of imidazole rings is 1. The Morgan fingerprint density at radius 1 is 0.795 bits per heavy atom. The number of aromatic amines is 1. The van der Waals surface area contributed by atoms with Crippen LogP contribution in [-0.2, 0) is 37.2 Å². The molecule has 3 heterocycles. The standard InChI is InChI=1S/C33H34N8O3/c1-3-9-28-34-31-29(32(42)40(20-21-44-2)33(43)39(31)19-18-23-10-5-4-6-11-23)41(28)22-24-14-16-25(17-15-24)26-12-7-8-13-27(26)30-35-37-38-36-30/h4-8,10-17H,3,9,18-22H2,1-2H3,(H,35,36,37,38). The van der Waals surface area contributed by atoms with Crippen LogP contribution in [0.5, 0.6) is 0 Å². The molecule has 0 bridgehead atoms. The van der Waals surface area contributed by atoms with Crippen LogP contribution in [0.25, 0.3) is 33.7 Å². The van der Waals surface area contributed by atoms with Crippen molar-refractivity contribution in [3.63, 3.8) is 0 Å². The summed E-state index contributed by atoms with van der Waals surface area (Å²) in [5.74, 6) is 1.38. The normalized spacial score (nSPS) is 11.4. The molecule has 6 aromatic rings. The van der Waals surface area contributed by atoms with Crippen molar-refractivity contribution in [3.05, 3.63) is 117 Å². The van der Waals surface area contributed by atoms with Gasteiger partial charge in [-0.15, -0.1) is 5.10 Å². The van der Waals surface area contributed by atoms with Crippen molar-refractivity contribution in [2.24, 2.45) is 0 Å². The van der Waals surface area contributed by atoms with Crippen molar-refractivity contribution in [3.8, 4) is 22.5 Å². The van der Waals surface area contributed by atoms with Crippen LogP contribution in [0.3, 0.4) is 0 Å². The number of aromatic nitrogens is 8. The van der Waals surface area contributed by atoms with Gasteiger partial charge in [-0.2, -0.15) is 0 Å². The van der Waals surface area contributed by atoms with Crippen LogP contribution in [0, 0.1) is 0 Å². The zero-order chi connectivity index (χ0) is 30.5. The van der Waals surface area contributed by atoms with Gasteiger partial charge in [0.05, 0.1) is 13.2 Å². The lowest BCUT2D eigenvalue weighted by molar-refractivity contribution is 0.184. The van der Waals surface area contributed by atoms with E-state index in [0.29, 0.717) is 42.9 Å². The van der Waals surface area contributed by atoms with Gasteiger partial charge in [-0.25, -0.2) is 14.9 Å². The Bertz CT molecular complexity index is 1970. The fourth-order valence-corrected chi connectivity index (χ4v) is 5.57. The van der Waals surface area contributed by atoms with Crippen molar-refractivity contribution in [2.45, 2.75) is 45.8 Å². The quantitative estimate of drug-likeness (QED) is 0.228. The third-order valence-corrected chi connectivity index (χ3v) is 7.79. The molecule has 1 N–H and O–H groups in total. The number of methoxy groups -OCH3 is 1. The van der Waals surface area contributed by atoms with Gasteiger partial charge in [-0.1, -0.05) is 85.8 Å². The van der Waals surface area contributed by atoms with Crippen molar-refractivity contribution < 1.29 is 4.74 Å². The van der Waals surface area contributed by atoms with Crippen LogP contribution < -0.4 is 11.2 Å². The Labute approximate surface area is 253 Å². The first-order chi connectivity index (χ1) is 21.6. The maximum Gasteiger partial charge on any atom is 0.332 e. The molecule has 224 valence electrons. The van der Waals surface area contributed by atoms with Gasteiger partial charge in [-0.3, -0.25) is 13.9 Å². The summed E-state index contributed by atoms with van der Waals surface area (Å²) in [6.45, 7) is 3.35. The molecule has 0 aliphatic rings. The lowest BCUT2D eigenvalue weighted by Crippen LogP contribution is -2.41. The molecule has 0 fully saturated rings. The number of rotatable bonds is 12. The molecule has 44 heavy (non-hydrogen) atoms. The topological polar surface area (TPSA) is 126 Å². The first-order valence-corrected chi connectivity index (χ1v) is 14.8. The van der Waals surface area contributed by atoms with Crippen LogP contribution in [0.4, 0.5) is 0 Å². The van der Waals surface area contributed by atoms with Gasteiger partial charge in [0, 0.05) is 32.2 Å². The molecule has 0 aliphatic carbocycles. The lowest BCUT2D eigenvalue weighted by atomic mass is 9.98. The highest BCUT2D eigenvalue weighted by atomic mass is 16.5. The van der Waals surface area contributed by atoms with Crippen molar-refractivity contribution in [1.82, 2.24) is 39.3 Å². The molecular formula is C33H34N8O3. The van der Waals surface area contributed by atoms with E-state index < -0.39 is 0 Å². The number of tetrazole rings is 1. The van der Waals surface area contributed by atoms with Gasteiger partial charge >= 0.3 is 5.69 Å². The molecule has 6 rings (SSSR count). The van der Waals surface area contributed by atoms with Crippen LogP contribution in [0.15, 0.2) is 88.5 Å². The molecule has 0 atom stereocenters. The minimum Gasteiger partial charge on any atom is -0.383 e. The molecule has 0 saturated heterocycles. The molecule has 0 saturated carbocycles. The number of hydrogen-bond donors (Lipinski definition) is 1. The van der Waals surface area contributed by atoms with E-state index in [-0.39, 0.29) is 24.4 Å². The molecule has 11 heteroatoms. The molecule has 0 aliphatic heterocycles. The van der Waals surface area contributed by atoms with Crippen LogP contribution in [-0.4, -0.2) is 53.0 Å². The Morgan fingerprint density at radius 3 is 2.25 bits per heavy atom. The molecule has 11 nitrogen and oxygen atoms in total. The van der Waals surface area contributed by atoms with E-state index in [1.54, 1.807) is 11.7 Å². The van der Waals surface area contributed by atoms with E-state index in [2.05, 4.69) is 51.8 Å². The summed E-state index contributed by atoms with van der Waals surface area (Å²) in [7, 11) is 1.56. The number of benzene rings is 3. The molecular weight excluding hydrogens is 556 g/mol. The molecule has 0 radical (unpaired) electrons. The Morgan fingerprint density at radius 2 is 1.55 bits per heavy atom. The predicted molar refractivity (Wildman–Crippen MR) is 168 cm³/mol. The third kappa shape index (κ3) is 5.73. The summed E-state index contributed by atoms with van der Waals surface area (Å²) in [5.41, 5.74) is 5.19. The summed E-state index contributed by atoms with van der Waals surface area (Å²) in [5, 5.41) is 14.4. The van der Waals surface area contributed by atoms with Crippen LogP contribution in [0.2, 0.25) is 0 Å². The highest BCUT2D eigenvalue weighted by Gasteiger charge is 2.22.